The molecule has 1 N–H and O–H groups in total. The first-order valence-electron chi connectivity index (χ1n) is 6.90. The molecule has 0 radical (unpaired) electrons. The number of likely N-dealkylation sites (N-methyl/N-ethyl adjacent to an activating group) is 1. The van der Waals surface area contributed by atoms with Crippen LogP contribution in [0.3, 0.4) is 0 Å². The summed E-state index contributed by atoms with van der Waals surface area (Å²) >= 11 is 0. The van der Waals surface area contributed by atoms with E-state index >= 15 is 0 Å². The minimum atomic E-state index is -1.25. The van der Waals surface area contributed by atoms with Gasteiger partial charge in [0.2, 0.25) is 0 Å². The Balaban J connectivity index is 2.53. The Morgan fingerprint density at radius 2 is 1.90 bits per heavy atom. The number of carboxylic acids is 1. The first-order chi connectivity index (χ1) is 9.80. The first-order valence-corrected chi connectivity index (χ1v) is 6.90. The van der Waals surface area contributed by atoms with E-state index in [-0.39, 0.29) is 5.91 Å². The smallest absolute Gasteiger partial charge is 0.329 e. The third-order valence-electron chi connectivity index (χ3n) is 3.89. The molecule has 0 aliphatic rings. The van der Waals surface area contributed by atoms with E-state index in [0.29, 0.717) is 12.1 Å². The van der Waals surface area contributed by atoms with Gasteiger partial charge in [-0.15, -0.1) is 0 Å². The van der Waals surface area contributed by atoms with E-state index in [1.165, 1.54) is 4.90 Å². The minimum absolute atomic E-state index is 0.262. The van der Waals surface area contributed by atoms with Gasteiger partial charge >= 0.3 is 5.97 Å². The van der Waals surface area contributed by atoms with E-state index < -0.39 is 11.5 Å². The molecule has 0 atom stereocenters. The Kier molecular flexibility index (Phi) is 3.77. The van der Waals surface area contributed by atoms with Crippen molar-refractivity contribution in [3.8, 4) is 0 Å². The Hall–Kier alpha value is -2.30. The van der Waals surface area contributed by atoms with Crippen LogP contribution in [-0.2, 0) is 11.8 Å². The first kappa shape index (κ1) is 15.1. The van der Waals surface area contributed by atoms with Crippen LogP contribution in [0.25, 0.3) is 10.9 Å². The molecule has 1 heterocycles. The van der Waals surface area contributed by atoms with Crippen LogP contribution in [0.5, 0.6) is 0 Å². The summed E-state index contributed by atoms with van der Waals surface area (Å²) in [6.07, 6.45) is 1.76. The normalized spacial score (nSPS) is 11.6. The molecule has 1 amide bonds. The van der Waals surface area contributed by atoms with Crippen molar-refractivity contribution in [3.05, 3.63) is 36.0 Å². The molecule has 0 saturated heterocycles. The van der Waals surface area contributed by atoms with Gasteiger partial charge in [0.05, 0.1) is 5.56 Å². The number of amides is 1. The summed E-state index contributed by atoms with van der Waals surface area (Å²) in [4.78, 5) is 25.6. The summed E-state index contributed by atoms with van der Waals surface area (Å²) in [6, 6.07) is 7.60. The van der Waals surface area contributed by atoms with Crippen LogP contribution < -0.4 is 0 Å². The van der Waals surface area contributed by atoms with E-state index in [1.807, 2.05) is 35.9 Å². The van der Waals surface area contributed by atoms with Crippen molar-refractivity contribution >= 4 is 22.8 Å². The van der Waals surface area contributed by atoms with Crippen LogP contribution in [0, 0.1) is 0 Å². The second-order valence-corrected chi connectivity index (χ2v) is 5.58. The lowest BCUT2D eigenvalue weighted by molar-refractivity contribution is -0.147. The van der Waals surface area contributed by atoms with Gasteiger partial charge in [-0.05, 0) is 26.8 Å². The van der Waals surface area contributed by atoms with Crippen molar-refractivity contribution in [2.24, 2.45) is 7.05 Å². The highest BCUT2D eigenvalue weighted by Gasteiger charge is 2.37. The topological polar surface area (TPSA) is 62.5 Å². The van der Waals surface area contributed by atoms with E-state index in [1.54, 1.807) is 27.0 Å². The fourth-order valence-electron chi connectivity index (χ4n) is 2.57. The number of aromatic nitrogens is 1. The molecule has 0 saturated carbocycles. The molecule has 0 aliphatic carbocycles. The number of carbonyl (C=O) groups is 2. The van der Waals surface area contributed by atoms with E-state index in [4.69, 9.17) is 0 Å². The lowest BCUT2D eigenvalue weighted by Crippen LogP contribution is -2.52. The molecule has 5 nitrogen and oxygen atoms in total. The molecule has 1 aromatic carbocycles. The lowest BCUT2D eigenvalue weighted by atomic mass is 10.0. The Labute approximate surface area is 123 Å². The predicted molar refractivity (Wildman–Crippen MR) is 81.3 cm³/mol. The number of aryl methyl sites for hydroxylation is 1. The monoisotopic (exact) mass is 288 g/mol. The molecule has 0 aliphatic heterocycles. The van der Waals surface area contributed by atoms with E-state index in [0.717, 1.165) is 10.9 Å². The number of nitrogens with zero attached hydrogens (tertiary/aromatic N) is 2. The maximum absolute atomic E-state index is 12.8. The highest BCUT2D eigenvalue weighted by atomic mass is 16.4. The van der Waals surface area contributed by atoms with E-state index in [9.17, 15) is 14.7 Å². The lowest BCUT2D eigenvalue weighted by Gasteiger charge is -2.34. The van der Waals surface area contributed by atoms with Gasteiger partial charge in [-0.2, -0.15) is 0 Å². The SMILES string of the molecule is CCN(C(=O)c1cn(C)c2ccccc12)C(C)(C)C(=O)O. The number of benzene rings is 1. The van der Waals surface area contributed by atoms with Crippen LogP contribution >= 0.6 is 0 Å². The molecular formula is C16H20N2O3. The minimum Gasteiger partial charge on any atom is -0.480 e. The number of fused-ring (bicyclic) bond motifs is 1. The van der Waals surface area contributed by atoms with Gasteiger partial charge < -0.3 is 14.6 Å². The van der Waals surface area contributed by atoms with Crippen LogP contribution in [0.15, 0.2) is 30.5 Å². The quantitative estimate of drug-likeness (QED) is 0.940. The fourth-order valence-corrected chi connectivity index (χ4v) is 2.57. The summed E-state index contributed by atoms with van der Waals surface area (Å²) in [7, 11) is 1.87. The van der Waals surface area contributed by atoms with Crippen LogP contribution in [0.1, 0.15) is 31.1 Å². The number of rotatable bonds is 4. The zero-order valence-corrected chi connectivity index (χ0v) is 12.8. The molecule has 0 unspecified atom stereocenters. The summed E-state index contributed by atoms with van der Waals surface area (Å²) in [5.41, 5.74) is 0.234. The summed E-state index contributed by atoms with van der Waals surface area (Å²) in [5.74, 6) is -1.28. The van der Waals surface area contributed by atoms with Gasteiger partial charge in [-0.25, -0.2) is 4.79 Å². The third kappa shape index (κ3) is 2.39. The molecule has 2 rings (SSSR count). The molecule has 2 aromatic rings. The molecule has 112 valence electrons. The molecule has 5 heteroatoms. The number of para-hydroxylation sites is 1. The van der Waals surface area contributed by atoms with Gasteiger partial charge in [0.1, 0.15) is 5.54 Å². The van der Waals surface area contributed by atoms with Crippen molar-refractivity contribution in [3.63, 3.8) is 0 Å². The van der Waals surface area contributed by atoms with Crippen molar-refractivity contribution in [2.75, 3.05) is 6.54 Å². The Morgan fingerprint density at radius 1 is 1.29 bits per heavy atom. The van der Waals surface area contributed by atoms with Gasteiger partial charge in [-0.1, -0.05) is 18.2 Å². The van der Waals surface area contributed by atoms with Gasteiger partial charge in [0.25, 0.3) is 5.91 Å². The average molecular weight is 288 g/mol. The molecule has 1 aromatic heterocycles. The largest absolute Gasteiger partial charge is 0.480 e. The molecule has 0 fully saturated rings. The Morgan fingerprint density at radius 3 is 2.48 bits per heavy atom. The summed E-state index contributed by atoms with van der Waals surface area (Å²) in [6.45, 7) is 5.21. The number of hydrogen-bond acceptors (Lipinski definition) is 2. The van der Waals surface area contributed by atoms with Gasteiger partial charge in [0, 0.05) is 30.7 Å². The second-order valence-electron chi connectivity index (χ2n) is 5.58. The molecular weight excluding hydrogens is 268 g/mol. The number of carbonyl (C=O) groups excluding carboxylic acids is 1. The molecule has 21 heavy (non-hydrogen) atoms. The fraction of sp³-hybridized carbons (Fsp3) is 0.375. The number of hydrogen-bond donors (Lipinski definition) is 1. The van der Waals surface area contributed by atoms with E-state index in [2.05, 4.69) is 0 Å². The maximum Gasteiger partial charge on any atom is 0.329 e. The number of carboxylic acid groups (broad SMARTS) is 1. The van der Waals surface area contributed by atoms with Gasteiger partial charge in [-0.3, -0.25) is 4.79 Å². The molecule has 0 bridgehead atoms. The summed E-state index contributed by atoms with van der Waals surface area (Å²) in [5, 5.41) is 10.2. The van der Waals surface area contributed by atoms with Crippen LogP contribution in [-0.4, -0.2) is 38.5 Å². The number of aliphatic carboxylic acids is 1. The third-order valence-corrected chi connectivity index (χ3v) is 3.89. The zero-order valence-electron chi connectivity index (χ0n) is 12.8. The maximum atomic E-state index is 12.8. The van der Waals surface area contributed by atoms with Crippen LogP contribution in [0.2, 0.25) is 0 Å². The standard InChI is InChI=1S/C16H20N2O3/c1-5-18(16(2,3)15(20)21)14(19)12-10-17(4)13-9-7-6-8-11(12)13/h6-10H,5H2,1-4H3,(H,20,21). The van der Waals surface area contributed by atoms with Gasteiger partial charge in [0.15, 0.2) is 0 Å². The van der Waals surface area contributed by atoms with Crippen molar-refractivity contribution < 1.29 is 14.7 Å². The highest BCUT2D eigenvalue weighted by Crippen LogP contribution is 2.25. The Bertz CT molecular complexity index is 701. The second kappa shape index (κ2) is 5.24. The van der Waals surface area contributed by atoms with Crippen molar-refractivity contribution in [1.82, 2.24) is 9.47 Å². The van der Waals surface area contributed by atoms with Crippen molar-refractivity contribution in [1.29, 1.82) is 0 Å². The average Bonchev–Trinajstić information content (AvgIpc) is 2.77. The highest BCUT2D eigenvalue weighted by molar-refractivity contribution is 6.08. The van der Waals surface area contributed by atoms with Crippen molar-refractivity contribution in [2.45, 2.75) is 26.3 Å². The predicted octanol–water partition coefficient (Wildman–Crippen LogP) is 2.50. The molecule has 0 spiro atoms. The summed E-state index contributed by atoms with van der Waals surface area (Å²) < 4.78 is 1.88. The van der Waals surface area contributed by atoms with Crippen LogP contribution in [0.4, 0.5) is 0 Å². The zero-order chi connectivity index (χ0) is 15.8.